The van der Waals surface area contributed by atoms with E-state index in [0.29, 0.717) is 17.8 Å². The number of phosphoric acid groups is 2. The molecule has 29 heteroatoms. The lowest BCUT2D eigenvalue weighted by molar-refractivity contribution is -0.0541. The van der Waals surface area contributed by atoms with Crippen LogP contribution in [0.1, 0.15) is 12.5 Å². The molecule has 26 nitrogen and oxygen atoms in total. The van der Waals surface area contributed by atoms with Crippen molar-refractivity contribution in [3.05, 3.63) is 23.0 Å². The standard InChI is InChI=1S/C12H19N6O8PS.C10H14N5O7P/c13-1-2-28-12-15-5-8(16-11(14)17-9(5)21)18(12)10-7(20)6(19)4(26-10)3-25-27(22,23)24;11-8-5-9(13-2-12-8)15(3-14-5)10-7(17)6(16)4(22-10)1-21-23(18,19)20/h4,6-7,10,19-20H,1-3,13H2,(H2,22,23,24)(H3,14,16,17,21);2-4,6-7,10,16-17H,1H2,(H2,11,12,13)(H2,18,19,20)/t2*4-,6-,7-,10-/m11/s1. The van der Waals surface area contributed by atoms with Crippen molar-refractivity contribution in [2.75, 3.05) is 37.0 Å². The first-order valence-electron chi connectivity index (χ1n) is 14.4. The minimum atomic E-state index is -4.81. The van der Waals surface area contributed by atoms with E-state index in [2.05, 4.69) is 39.0 Å². The molecular formula is C22H33N11O15P2S. The third-order valence-corrected chi connectivity index (χ3v) is 9.25. The first kappa shape index (κ1) is 39.0. The first-order valence-corrected chi connectivity index (χ1v) is 18.4. The fraction of sp³-hybridized carbons (Fsp3) is 0.545. The van der Waals surface area contributed by atoms with E-state index in [1.54, 1.807) is 0 Å². The molecule has 2 aliphatic heterocycles. The summed E-state index contributed by atoms with van der Waals surface area (Å²) in [5, 5.41) is 40.9. The van der Waals surface area contributed by atoms with Gasteiger partial charge >= 0.3 is 15.6 Å². The number of H-pyrrole nitrogens is 1. The number of hydrogen-bond donors (Lipinski definition) is 12. The fourth-order valence-corrected chi connectivity index (χ4v) is 6.50. The summed E-state index contributed by atoms with van der Waals surface area (Å²) in [5.74, 6) is 0.374. The summed E-state index contributed by atoms with van der Waals surface area (Å²) in [7, 11) is -9.52. The second kappa shape index (κ2) is 15.4. The molecule has 8 atom stereocenters. The molecule has 15 N–H and O–H groups in total. The first-order chi connectivity index (χ1) is 23.9. The van der Waals surface area contributed by atoms with Gasteiger partial charge in [-0.15, -0.1) is 0 Å². The lowest BCUT2D eigenvalue weighted by atomic mass is 10.1. The molecule has 0 aromatic carbocycles. The fourth-order valence-electron chi connectivity index (χ4n) is 5.04. The number of thioether (sulfide) groups is 1. The number of aliphatic hydroxyl groups is 4. The summed E-state index contributed by atoms with van der Waals surface area (Å²) in [4.78, 5) is 69.5. The second-order valence-electron chi connectivity index (χ2n) is 10.8. The van der Waals surface area contributed by atoms with E-state index < -0.39 is 83.5 Å². The Morgan fingerprint density at radius 3 is 2.02 bits per heavy atom. The van der Waals surface area contributed by atoms with E-state index in [0.717, 1.165) is 11.8 Å². The summed E-state index contributed by atoms with van der Waals surface area (Å²) in [6, 6.07) is 0. The summed E-state index contributed by atoms with van der Waals surface area (Å²) in [6.45, 7) is -0.967. The average Bonchev–Trinajstić information content (AvgIpc) is 3.78. The molecule has 0 radical (unpaired) electrons. The van der Waals surface area contributed by atoms with Crippen molar-refractivity contribution in [1.82, 2.24) is 39.0 Å². The Balaban J connectivity index is 0.000000201. The number of nitrogens with one attached hydrogen (secondary N) is 1. The Morgan fingerprint density at radius 2 is 1.43 bits per heavy atom. The van der Waals surface area contributed by atoms with Crippen LogP contribution in [0, 0.1) is 0 Å². The average molecular weight is 786 g/mol. The number of aromatic amines is 1. The summed E-state index contributed by atoms with van der Waals surface area (Å²) >= 11 is 1.16. The Hall–Kier alpha value is -3.21. The third-order valence-electron chi connectivity index (χ3n) is 7.29. The number of aliphatic hydroxyl groups excluding tert-OH is 4. The zero-order valence-corrected chi connectivity index (χ0v) is 28.3. The maximum Gasteiger partial charge on any atom is 0.469 e. The highest BCUT2D eigenvalue weighted by atomic mass is 32.2. The predicted octanol–water partition coefficient (Wildman–Crippen LogP) is -4.38. The monoisotopic (exact) mass is 785 g/mol. The molecule has 282 valence electrons. The molecule has 4 aromatic heterocycles. The highest BCUT2D eigenvalue weighted by molar-refractivity contribution is 7.99. The quantitative estimate of drug-likeness (QED) is 0.0504. The number of imidazole rings is 2. The van der Waals surface area contributed by atoms with Crippen molar-refractivity contribution in [3.63, 3.8) is 0 Å². The van der Waals surface area contributed by atoms with Crippen LogP contribution in [0.2, 0.25) is 0 Å². The van der Waals surface area contributed by atoms with E-state index in [1.807, 2.05) is 0 Å². The van der Waals surface area contributed by atoms with Crippen molar-refractivity contribution in [1.29, 1.82) is 0 Å². The van der Waals surface area contributed by atoms with Gasteiger partial charge in [0.1, 0.15) is 48.5 Å². The van der Waals surface area contributed by atoms with Gasteiger partial charge in [0.15, 0.2) is 40.2 Å². The molecule has 2 fully saturated rings. The Bertz CT molecular complexity index is 2010. The third kappa shape index (κ3) is 8.71. The molecule has 0 bridgehead atoms. The Kier molecular flexibility index (Phi) is 11.8. The van der Waals surface area contributed by atoms with Gasteiger partial charge in [0.05, 0.1) is 19.5 Å². The normalized spacial score (nSPS) is 26.9. The van der Waals surface area contributed by atoms with Gasteiger partial charge in [0.25, 0.3) is 5.56 Å². The number of aromatic nitrogens is 8. The SMILES string of the molecule is NCCSc1nc2c(=O)[nH]c(N)nc2n1[C@@H]1O[C@H](COP(=O)(O)O)[C@@H](O)[C@H]1O.Nc1ncnc2c1ncn2[C@@H]1O[C@H](COP(=O)(O)O)[C@@H](O)[C@H]1O. The van der Waals surface area contributed by atoms with Crippen molar-refractivity contribution in [3.8, 4) is 0 Å². The topological polar surface area (TPSA) is 418 Å². The van der Waals surface area contributed by atoms with E-state index in [-0.39, 0.29) is 33.7 Å². The Morgan fingerprint density at radius 1 is 0.843 bits per heavy atom. The van der Waals surface area contributed by atoms with Gasteiger partial charge in [0.2, 0.25) is 5.95 Å². The second-order valence-corrected chi connectivity index (χ2v) is 14.3. The summed E-state index contributed by atoms with van der Waals surface area (Å²) in [5.41, 5.74) is 16.7. The smallest absolute Gasteiger partial charge is 0.387 e. The van der Waals surface area contributed by atoms with E-state index in [4.69, 9.17) is 46.2 Å². The largest absolute Gasteiger partial charge is 0.469 e. The minimum absolute atomic E-state index is 0.00794. The summed E-state index contributed by atoms with van der Waals surface area (Å²) in [6.07, 6.45) is -8.06. The molecular weight excluding hydrogens is 752 g/mol. The molecule has 0 unspecified atom stereocenters. The molecule has 0 aliphatic carbocycles. The number of rotatable bonds is 11. The van der Waals surface area contributed by atoms with Gasteiger partial charge in [-0.25, -0.2) is 29.1 Å². The number of nitrogens with zero attached hydrogens (tertiary/aromatic N) is 7. The lowest BCUT2D eigenvalue weighted by Crippen LogP contribution is -2.33. The van der Waals surface area contributed by atoms with Crippen molar-refractivity contribution in [2.45, 2.75) is 54.2 Å². The number of fused-ring (bicyclic) bond motifs is 2. The highest BCUT2D eigenvalue weighted by Crippen LogP contribution is 2.41. The predicted molar refractivity (Wildman–Crippen MR) is 170 cm³/mol. The number of nitrogen functional groups attached to an aromatic ring is 2. The molecule has 0 saturated carbocycles. The maximum absolute atomic E-state index is 12.1. The molecule has 2 aliphatic rings. The van der Waals surface area contributed by atoms with Crippen LogP contribution in [-0.2, 0) is 27.7 Å². The van der Waals surface area contributed by atoms with Crippen LogP contribution in [0.25, 0.3) is 22.3 Å². The number of anilines is 2. The van der Waals surface area contributed by atoms with Crippen LogP contribution in [0.3, 0.4) is 0 Å². The molecule has 6 heterocycles. The van der Waals surface area contributed by atoms with Crippen molar-refractivity contribution < 1.29 is 67.7 Å². The van der Waals surface area contributed by atoms with Crippen LogP contribution in [-0.4, -0.2) is 141 Å². The van der Waals surface area contributed by atoms with Crippen LogP contribution in [0.4, 0.5) is 11.8 Å². The number of hydrogen-bond acceptors (Lipinski definition) is 20. The summed E-state index contributed by atoms with van der Waals surface area (Å²) < 4.78 is 43.9. The van der Waals surface area contributed by atoms with Gasteiger partial charge in [0, 0.05) is 12.3 Å². The van der Waals surface area contributed by atoms with E-state index in [9.17, 15) is 34.4 Å². The molecule has 2 saturated heterocycles. The van der Waals surface area contributed by atoms with E-state index in [1.165, 1.54) is 21.8 Å². The zero-order chi connectivity index (χ0) is 37.4. The van der Waals surface area contributed by atoms with Crippen LogP contribution >= 0.6 is 27.4 Å². The Labute approximate surface area is 288 Å². The number of phosphoric ester groups is 2. The highest BCUT2D eigenvalue weighted by Gasteiger charge is 2.47. The van der Waals surface area contributed by atoms with Crippen LogP contribution in [0.15, 0.2) is 22.6 Å². The maximum atomic E-state index is 12.1. The van der Waals surface area contributed by atoms with Gasteiger partial charge in [-0.05, 0) is 0 Å². The number of ether oxygens (including phenoxy) is 2. The van der Waals surface area contributed by atoms with Crippen LogP contribution in [0.5, 0.6) is 0 Å². The molecule has 4 aromatic rings. The van der Waals surface area contributed by atoms with Crippen LogP contribution < -0.4 is 22.8 Å². The minimum Gasteiger partial charge on any atom is -0.387 e. The van der Waals surface area contributed by atoms with Gasteiger partial charge in [-0.3, -0.25) is 28.0 Å². The molecule has 0 amide bonds. The van der Waals surface area contributed by atoms with Gasteiger partial charge in [-0.2, -0.15) is 4.98 Å². The molecule has 0 spiro atoms. The van der Waals surface area contributed by atoms with Crippen molar-refractivity contribution >= 4 is 61.5 Å². The van der Waals surface area contributed by atoms with Gasteiger partial charge in [-0.1, -0.05) is 11.8 Å². The number of nitrogens with two attached hydrogens (primary N) is 3. The van der Waals surface area contributed by atoms with Crippen molar-refractivity contribution in [2.24, 2.45) is 5.73 Å². The lowest BCUT2D eigenvalue weighted by Gasteiger charge is -2.19. The zero-order valence-electron chi connectivity index (χ0n) is 25.7. The molecule has 51 heavy (non-hydrogen) atoms. The van der Waals surface area contributed by atoms with E-state index >= 15 is 0 Å². The van der Waals surface area contributed by atoms with Gasteiger partial charge < -0.3 is 66.7 Å². The molecule has 6 rings (SSSR count).